The van der Waals surface area contributed by atoms with Crippen LogP contribution in [0.25, 0.3) is 66.1 Å². The number of rotatable bonds is 6. The second kappa shape index (κ2) is 13.8. The summed E-state index contributed by atoms with van der Waals surface area (Å²) >= 11 is 0. The lowest BCUT2D eigenvalue weighted by atomic mass is 9.67. The van der Waals surface area contributed by atoms with Gasteiger partial charge in [-0.15, -0.1) is 0 Å². The summed E-state index contributed by atoms with van der Waals surface area (Å²) < 4.78 is 6.90. The van der Waals surface area contributed by atoms with Crippen LogP contribution in [0.4, 0.5) is 17.1 Å². The molecule has 1 aromatic heterocycles. The average Bonchev–Trinajstić information content (AvgIpc) is 3.96. The zero-order chi connectivity index (χ0) is 42.6. The summed E-state index contributed by atoms with van der Waals surface area (Å²) in [6.07, 6.45) is 0. The van der Waals surface area contributed by atoms with Gasteiger partial charge in [-0.05, 0) is 109 Å². The third kappa shape index (κ3) is 5.08. The molecule has 2 heteroatoms. The van der Waals surface area contributed by atoms with Gasteiger partial charge in [-0.2, -0.15) is 0 Å². The van der Waals surface area contributed by atoms with Gasteiger partial charge in [0.2, 0.25) is 0 Å². The maximum atomic E-state index is 6.90. The minimum absolute atomic E-state index is 0.184. The van der Waals surface area contributed by atoms with Crippen molar-refractivity contribution in [2.24, 2.45) is 0 Å². The minimum atomic E-state index is -0.550. The quantitative estimate of drug-likeness (QED) is 0.166. The summed E-state index contributed by atoms with van der Waals surface area (Å²) in [4.78, 5) is 2.52. The Kier molecular flexibility index (Phi) is 7.90. The summed E-state index contributed by atoms with van der Waals surface area (Å²) in [5.41, 5.74) is 19.5. The maximum Gasteiger partial charge on any atom is 0.143 e. The van der Waals surface area contributed by atoms with E-state index in [1.54, 1.807) is 0 Å². The molecule has 64 heavy (non-hydrogen) atoms. The van der Waals surface area contributed by atoms with Crippen molar-refractivity contribution in [1.82, 2.24) is 0 Å². The fraction of sp³-hybridized carbons (Fsp3) is 0.0645. The monoisotopic (exact) mass is 817 g/mol. The lowest BCUT2D eigenvalue weighted by Gasteiger charge is -2.35. The SMILES string of the molecule is CC1(C)c2ccccc2-c2ccc(N(c3ccc4c(c3)C(c3ccccc3)(c3ccccc3)c3ccccc3-4)c3ccc4oc5c6ccccc6ccc5c4c3-c3ccccc3)cc21. The van der Waals surface area contributed by atoms with E-state index < -0.39 is 5.41 Å². The van der Waals surface area contributed by atoms with Crippen LogP contribution in [-0.4, -0.2) is 0 Å². The first-order valence-corrected chi connectivity index (χ1v) is 22.3. The summed E-state index contributed by atoms with van der Waals surface area (Å²) in [5.74, 6) is 0. The van der Waals surface area contributed by atoms with E-state index in [1.807, 2.05) is 0 Å². The number of nitrogens with zero attached hydrogens (tertiary/aromatic N) is 1. The predicted molar refractivity (Wildman–Crippen MR) is 266 cm³/mol. The highest BCUT2D eigenvalue weighted by molar-refractivity contribution is 6.21. The molecular formula is C62H43NO. The summed E-state index contributed by atoms with van der Waals surface area (Å²) in [7, 11) is 0. The number of furan rings is 1. The van der Waals surface area contributed by atoms with Crippen LogP contribution < -0.4 is 4.90 Å². The molecule has 0 unspecified atom stereocenters. The first-order valence-electron chi connectivity index (χ1n) is 22.3. The highest BCUT2D eigenvalue weighted by Gasteiger charge is 2.46. The van der Waals surface area contributed by atoms with Gasteiger partial charge in [0.05, 0.1) is 11.1 Å². The predicted octanol–water partition coefficient (Wildman–Crippen LogP) is 16.5. The molecule has 0 atom stereocenters. The fourth-order valence-electron chi connectivity index (χ4n) is 11.5. The van der Waals surface area contributed by atoms with Crippen LogP contribution >= 0.6 is 0 Å². The first-order chi connectivity index (χ1) is 31.5. The number of anilines is 3. The van der Waals surface area contributed by atoms with Gasteiger partial charge in [-0.1, -0.05) is 196 Å². The van der Waals surface area contributed by atoms with Crippen LogP contribution in [0.1, 0.15) is 47.2 Å². The van der Waals surface area contributed by atoms with E-state index in [0.717, 1.165) is 55.5 Å². The van der Waals surface area contributed by atoms with E-state index in [-0.39, 0.29) is 5.41 Å². The Bertz CT molecular complexity index is 3600. The Morgan fingerprint density at radius 1 is 0.406 bits per heavy atom. The van der Waals surface area contributed by atoms with E-state index >= 15 is 0 Å². The van der Waals surface area contributed by atoms with Crippen molar-refractivity contribution in [2.45, 2.75) is 24.7 Å². The number of hydrogen-bond donors (Lipinski definition) is 0. The molecule has 13 rings (SSSR count). The average molecular weight is 818 g/mol. The van der Waals surface area contributed by atoms with Gasteiger partial charge < -0.3 is 9.32 Å². The largest absolute Gasteiger partial charge is 0.455 e. The molecule has 11 aromatic rings. The standard InChI is InChI=1S/C62H43NO/c1-61(2)52-28-16-14-26-47(52)49-34-31-44(38-54(49)61)63(56-36-37-57-59(58(56)41-19-6-3-7-20-41)51-33-30-40-18-12-13-25-46(40)60(51)64-57)45-32-35-50-48-27-15-17-29-53(48)62(55(50)39-45,42-21-8-4-9-22-42)43-23-10-5-11-24-43/h3-39H,1-2H3. The molecule has 0 aliphatic heterocycles. The van der Waals surface area contributed by atoms with Gasteiger partial charge in [0.15, 0.2) is 0 Å². The Balaban J connectivity index is 1.14. The lowest BCUT2D eigenvalue weighted by molar-refractivity contribution is 0.660. The molecule has 2 aliphatic rings. The summed E-state index contributed by atoms with van der Waals surface area (Å²) in [6, 6.07) is 82.8. The van der Waals surface area contributed by atoms with Crippen LogP contribution in [0.2, 0.25) is 0 Å². The van der Waals surface area contributed by atoms with Gasteiger partial charge in [0, 0.05) is 38.5 Å². The van der Waals surface area contributed by atoms with E-state index in [2.05, 4.69) is 243 Å². The Morgan fingerprint density at radius 3 is 1.66 bits per heavy atom. The topological polar surface area (TPSA) is 16.4 Å². The van der Waals surface area contributed by atoms with Crippen molar-refractivity contribution in [1.29, 1.82) is 0 Å². The zero-order valence-corrected chi connectivity index (χ0v) is 35.7. The molecule has 0 amide bonds. The summed E-state index contributed by atoms with van der Waals surface area (Å²) in [6.45, 7) is 4.74. The fourth-order valence-corrected chi connectivity index (χ4v) is 11.5. The van der Waals surface area contributed by atoms with Crippen molar-refractivity contribution >= 4 is 49.8 Å². The van der Waals surface area contributed by atoms with Crippen molar-refractivity contribution < 1.29 is 4.42 Å². The number of hydrogen-bond acceptors (Lipinski definition) is 2. The molecule has 0 saturated heterocycles. The molecule has 10 aromatic carbocycles. The highest BCUT2D eigenvalue weighted by atomic mass is 16.3. The number of benzene rings is 10. The molecule has 0 fully saturated rings. The normalized spacial score (nSPS) is 14.0. The molecule has 0 saturated carbocycles. The van der Waals surface area contributed by atoms with Crippen molar-refractivity contribution in [2.75, 3.05) is 4.90 Å². The van der Waals surface area contributed by atoms with Crippen molar-refractivity contribution in [3.05, 3.63) is 258 Å². The third-order valence-corrected chi connectivity index (χ3v) is 14.3. The second-order valence-electron chi connectivity index (χ2n) is 18.0. The molecule has 0 spiro atoms. The van der Waals surface area contributed by atoms with Crippen LogP contribution in [0.15, 0.2) is 229 Å². The Morgan fingerprint density at radius 2 is 0.953 bits per heavy atom. The molecule has 2 aliphatic carbocycles. The van der Waals surface area contributed by atoms with E-state index in [4.69, 9.17) is 4.42 Å². The van der Waals surface area contributed by atoms with E-state index in [9.17, 15) is 0 Å². The second-order valence-corrected chi connectivity index (χ2v) is 18.0. The summed E-state index contributed by atoms with van der Waals surface area (Å²) in [5, 5.41) is 4.50. The number of fused-ring (bicyclic) bond motifs is 11. The van der Waals surface area contributed by atoms with Gasteiger partial charge >= 0.3 is 0 Å². The first kappa shape index (κ1) is 36.7. The van der Waals surface area contributed by atoms with Gasteiger partial charge in [0.1, 0.15) is 11.2 Å². The van der Waals surface area contributed by atoms with Crippen molar-refractivity contribution in [3.63, 3.8) is 0 Å². The van der Waals surface area contributed by atoms with Crippen LogP contribution in [0.5, 0.6) is 0 Å². The van der Waals surface area contributed by atoms with Gasteiger partial charge in [0.25, 0.3) is 0 Å². The molecule has 0 radical (unpaired) electrons. The van der Waals surface area contributed by atoms with Crippen LogP contribution in [-0.2, 0) is 10.8 Å². The molecule has 1 heterocycles. The third-order valence-electron chi connectivity index (χ3n) is 14.3. The highest BCUT2D eigenvalue weighted by Crippen LogP contribution is 2.58. The smallest absolute Gasteiger partial charge is 0.143 e. The van der Waals surface area contributed by atoms with Crippen molar-refractivity contribution in [3.8, 4) is 33.4 Å². The Labute approximate surface area is 373 Å². The van der Waals surface area contributed by atoms with Gasteiger partial charge in [-0.3, -0.25) is 0 Å². The lowest BCUT2D eigenvalue weighted by Crippen LogP contribution is -2.28. The maximum absolute atomic E-state index is 6.90. The Hall–Kier alpha value is -7.94. The van der Waals surface area contributed by atoms with E-state index in [1.165, 1.54) is 61.0 Å². The molecule has 0 bridgehead atoms. The van der Waals surface area contributed by atoms with Gasteiger partial charge in [-0.25, -0.2) is 0 Å². The van der Waals surface area contributed by atoms with Crippen LogP contribution in [0.3, 0.4) is 0 Å². The zero-order valence-electron chi connectivity index (χ0n) is 35.7. The molecule has 2 nitrogen and oxygen atoms in total. The molecule has 0 N–H and O–H groups in total. The molecule has 302 valence electrons. The minimum Gasteiger partial charge on any atom is -0.455 e. The van der Waals surface area contributed by atoms with E-state index in [0.29, 0.717) is 0 Å². The molecular weight excluding hydrogens is 775 g/mol. The van der Waals surface area contributed by atoms with Crippen LogP contribution in [0, 0.1) is 0 Å².